The van der Waals surface area contributed by atoms with Crippen molar-refractivity contribution >= 4 is 28.3 Å². The maximum absolute atomic E-state index is 12.5. The highest BCUT2D eigenvalue weighted by atomic mass is 35.5. The molecule has 106 valence electrons. The third kappa shape index (κ3) is 2.65. The summed E-state index contributed by atoms with van der Waals surface area (Å²) in [6.07, 6.45) is 2.02. The maximum atomic E-state index is 12.5. The van der Waals surface area contributed by atoms with Gasteiger partial charge in [-0.3, -0.25) is 4.79 Å². The zero-order valence-corrected chi connectivity index (χ0v) is 12.3. The number of fused-ring (bicyclic) bond motifs is 1. The van der Waals surface area contributed by atoms with Crippen LogP contribution in [-0.2, 0) is 6.42 Å². The highest BCUT2D eigenvalue weighted by molar-refractivity contribution is 6.31. The van der Waals surface area contributed by atoms with Crippen LogP contribution in [0.2, 0.25) is 5.02 Å². The smallest absolute Gasteiger partial charge is 0.169 e. The molecule has 0 bridgehead atoms. The minimum atomic E-state index is 0.0302. The Labute approximate surface area is 127 Å². The lowest BCUT2D eigenvalue weighted by Gasteiger charge is -2.04. The number of hydrogen-bond acceptors (Lipinski definition) is 2. The fourth-order valence-corrected chi connectivity index (χ4v) is 2.57. The Kier molecular flexibility index (Phi) is 3.67. The first-order valence-corrected chi connectivity index (χ1v) is 6.98. The minimum Gasteiger partial charge on any atom is -0.497 e. The summed E-state index contributed by atoms with van der Waals surface area (Å²) < 4.78 is 5.22. The maximum Gasteiger partial charge on any atom is 0.169 e. The molecule has 0 saturated heterocycles. The monoisotopic (exact) mass is 299 g/mol. The normalized spacial score (nSPS) is 10.8. The molecule has 0 aliphatic carbocycles. The van der Waals surface area contributed by atoms with Gasteiger partial charge in [0.05, 0.1) is 7.11 Å². The van der Waals surface area contributed by atoms with Gasteiger partial charge < -0.3 is 9.72 Å². The van der Waals surface area contributed by atoms with Crippen LogP contribution in [0.3, 0.4) is 0 Å². The van der Waals surface area contributed by atoms with E-state index in [2.05, 4.69) is 4.98 Å². The van der Waals surface area contributed by atoms with Gasteiger partial charge in [0.15, 0.2) is 5.78 Å². The molecular formula is C17H14ClNO2. The Morgan fingerprint density at radius 2 is 2.05 bits per heavy atom. The van der Waals surface area contributed by atoms with Gasteiger partial charge in [0, 0.05) is 34.1 Å². The molecule has 0 fully saturated rings. The molecule has 0 spiro atoms. The van der Waals surface area contributed by atoms with Crippen molar-refractivity contribution in [2.75, 3.05) is 7.11 Å². The van der Waals surface area contributed by atoms with Gasteiger partial charge in [0.25, 0.3) is 0 Å². The second-order valence-corrected chi connectivity index (χ2v) is 5.21. The molecule has 3 aromatic rings. The summed E-state index contributed by atoms with van der Waals surface area (Å²) in [5.74, 6) is 0.761. The van der Waals surface area contributed by atoms with Gasteiger partial charge in [-0.15, -0.1) is 0 Å². The predicted octanol–water partition coefficient (Wildman–Crippen LogP) is 4.26. The molecule has 1 aromatic heterocycles. The van der Waals surface area contributed by atoms with Crippen molar-refractivity contribution in [2.45, 2.75) is 6.42 Å². The highest BCUT2D eigenvalue weighted by Gasteiger charge is 2.14. The van der Waals surface area contributed by atoms with Crippen LogP contribution in [0.15, 0.2) is 48.7 Å². The molecule has 0 unspecified atom stereocenters. The zero-order chi connectivity index (χ0) is 14.8. The lowest BCUT2D eigenvalue weighted by molar-refractivity contribution is 0.0994. The summed E-state index contributed by atoms with van der Waals surface area (Å²) in [5.41, 5.74) is 2.41. The molecule has 0 amide bonds. The highest BCUT2D eigenvalue weighted by Crippen LogP contribution is 2.25. The number of methoxy groups -OCH3 is 1. The third-order valence-electron chi connectivity index (χ3n) is 3.50. The second-order valence-electron chi connectivity index (χ2n) is 4.81. The van der Waals surface area contributed by atoms with E-state index >= 15 is 0 Å². The van der Waals surface area contributed by atoms with Crippen molar-refractivity contribution in [3.63, 3.8) is 0 Å². The second kappa shape index (κ2) is 5.62. The van der Waals surface area contributed by atoms with Gasteiger partial charge in [-0.2, -0.15) is 0 Å². The molecule has 3 nitrogen and oxygen atoms in total. The van der Waals surface area contributed by atoms with Crippen LogP contribution >= 0.6 is 11.6 Å². The fourth-order valence-electron chi connectivity index (χ4n) is 2.37. The van der Waals surface area contributed by atoms with E-state index in [-0.39, 0.29) is 12.2 Å². The molecule has 2 aromatic carbocycles. The van der Waals surface area contributed by atoms with E-state index in [1.54, 1.807) is 19.4 Å². The molecule has 0 aliphatic heterocycles. The first kappa shape index (κ1) is 13.7. The molecule has 0 atom stereocenters. The van der Waals surface area contributed by atoms with E-state index in [0.717, 1.165) is 22.2 Å². The average molecular weight is 300 g/mol. The number of hydrogen-bond donors (Lipinski definition) is 1. The molecule has 4 heteroatoms. The Bertz CT molecular complexity index is 807. The Morgan fingerprint density at radius 3 is 2.81 bits per heavy atom. The predicted molar refractivity (Wildman–Crippen MR) is 84.3 cm³/mol. The average Bonchev–Trinajstić information content (AvgIpc) is 2.92. The number of nitrogens with one attached hydrogen (secondary N) is 1. The van der Waals surface area contributed by atoms with Crippen LogP contribution < -0.4 is 4.74 Å². The molecule has 0 aliphatic rings. The lowest BCUT2D eigenvalue weighted by atomic mass is 10.0. The Hall–Kier alpha value is -2.26. The quantitative estimate of drug-likeness (QED) is 0.732. The number of H-pyrrole nitrogens is 1. The van der Waals surface area contributed by atoms with Crippen LogP contribution in [0.1, 0.15) is 15.9 Å². The van der Waals surface area contributed by atoms with Crippen molar-refractivity contribution in [1.82, 2.24) is 4.98 Å². The topological polar surface area (TPSA) is 42.1 Å². The van der Waals surface area contributed by atoms with Crippen LogP contribution in [0.25, 0.3) is 10.9 Å². The summed E-state index contributed by atoms with van der Waals surface area (Å²) in [6, 6.07) is 13.0. The van der Waals surface area contributed by atoms with Crippen LogP contribution in [0.5, 0.6) is 5.75 Å². The van der Waals surface area contributed by atoms with Crippen molar-refractivity contribution in [3.8, 4) is 5.75 Å². The summed E-state index contributed by atoms with van der Waals surface area (Å²) in [6.45, 7) is 0. The summed E-state index contributed by atoms with van der Waals surface area (Å²) >= 11 is 6.12. The van der Waals surface area contributed by atoms with E-state index in [4.69, 9.17) is 16.3 Å². The number of benzene rings is 2. The van der Waals surface area contributed by atoms with E-state index in [1.165, 1.54) is 0 Å². The van der Waals surface area contributed by atoms with E-state index in [9.17, 15) is 4.79 Å². The first-order valence-electron chi connectivity index (χ1n) is 6.61. The van der Waals surface area contributed by atoms with Gasteiger partial charge in [0.2, 0.25) is 0 Å². The third-order valence-corrected chi connectivity index (χ3v) is 3.87. The van der Waals surface area contributed by atoms with E-state index in [0.29, 0.717) is 10.6 Å². The van der Waals surface area contributed by atoms with E-state index in [1.807, 2.05) is 36.4 Å². The van der Waals surface area contributed by atoms with Crippen molar-refractivity contribution in [1.29, 1.82) is 0 Å². The molecule has 3 rings (SSSR count). The minimum absolute atomic E-state index is 0.0302. The molecule has 0 saturated carbocycles. The summed E-state index contributed by atoms with van der Waals surface area (Å²) in [5, 5.41) is 1.48. The molecule has 21 heavy (non-hydrogen) atoms. The van der Waals surface area contributed by atoms with E-state index < -0.39 is 0 Å². The number of carbonyl (C=O) groups is 1. The van der Waals surface area contributed by atoms with Crippen molar-refractivity contribution in [2.24, 2.45) is 0 Å². The summed E-state index contributed by atoms with van der Waals surface area (Å²) in [4.78, 5) is 15.6. The SMILES string of the molecule is COc1ccc2[nH]cc(C(=O)Cc3ccccc3Cl)c2c1. The molecule has 0 radical (unpaired) electrons. The molecular weight excluding hydrogens is 286 g/mol. The van der Waals surface area contributed by atoms with Crippen LogP contribution in [-0.4, -0.2) is 17.9 Å². The Morgan fingerprint density at radius 1 is 1.24 bits per heavy atom. The van der Waals surface area contributed by atoms with Crippen molar-refractivity contribution in [3.05, 3.63) is 64.8 Å². The van der Waals surface area contributed by atoms with Gasteiger partial charge in [-0.05, 0) is 29.8 Å². The summed E-state index contributed by atoms with van der Waals surface area (Å²) in [7, 11) is 1.61. The van der Waals surface area contributed by atoms with Crippen LogP contribution in [0, 0.1) is 0 Å². The largest absolute Gasteiger partial charge is 0.497 e. The molecule has 1 N–H and O–H groups in total. The van der Waals surface area contributed by atoms with Gasteiger partial charge in [0.1, 0.15) is 5.75 Å². The molecule has 1 heterocycles. The number of ether oxygens (including phenoxy) is 1. The van der Waals surface area contributed by atoms with Crippen molar-refractivity contribution < 1.29 is 9.53 Å². The number of Topliss-reactive ketones (excluding diaryl/α,β-unsaturated/α-hetero) is 1. The number of rotatable bonds is 4. The number of halogens is 1. The first-order chi connectivity index (χ1) is 10.2. The number of ketones is 1. The van der Waals surface area contributed by atoms with Gasteiger partial charge in [-0.25, -0.2) is 0 Å². The standard InChI is InChI=1S/C17H14ClNO2/c1-21-12-6-7-16-13(9-12)14(10-19-16)17(20)8-11-4-2-3-5-15(11)18/h2-7,9-10,19H,8H2,1H3. The number of aromatic nitrogens is 1. The fraction of sp³-hybridized carbons (Fsp3) is 0.118. The zero-order valence-electron chi connectivity index (χ0n) is 11.5. The lowest BCUT2D eigenvalue weighted by Crippen LogP contribution is -2.03. The van der Waals surface area contributed by atoms with Gasteiger partial charge >= 0.3 is 0 Å². The number of aromatic amines is 1. The van der Waals surface area contributed by atoms with Crippen LogP contribution in [0.4, 0.5) is 0 Å². The Balaban J connectivity index is 1.96. The van der Waals surface area contributed by atoms with Gasteiger partial charge in [-0.1, -0.05) is 29.8 Å². The number of carbonyl (C=O) groups excluding carboxylic acids is 1.